The summed E-state index contributed by atoms with van der Waals surface area (Å²) in [6.45, 7) is 2.11. The van der Waals surface area contributed by atoms with E-state index in [1.807, 2.05) is 36.4 Å². The van der Waals surface area contributed by atoms with Gasteiger partial charge in [-0.25, -0.2) is 0 Å². The quantitative estimate of drug-likeness (QED) is 0.664. The van der Waals surface area contributed by atoms with E-state index in [4.69, 9.17) is 0 Å². The van der Waals surface area contributed by atoms with Crippen LogP contribution in [0.2, 0.25) is 0 Å². The van der Waals surface area contributed by atoms with Gasteiger partial charge < -0.3 is 4.57 Å². The third kappa shape index (κ3) is 4.36. The molecule has 0 aliphatic rings. The van der Waals surface area contributed by atoms with Crippen molar-refractivity contribution in [3.63, 3.8) is 0 Å². The summed E-state index contributed by atoms with van der Waals surface area (Å²) < 4.78 is 13.2. The number of hydrogen-bond donors (Lipinski definition) is 0. The summed E-state index contributed by atoms with van der Waals surface area (Å²) >= 11 is 0. The van der Waals surface area contributed by atoms with Gasteiger partial charge in [-0.1, -0.05) is 67.6 Å². The summed E-state index contributed by atoms with van der Waals surface area (Å²) in [6, 6.07) is 20.4. The first-order chi connectivity index (χ1) is 9.22. The second-order valence-electron chi connectivity index (χ2n) is 5.07. The molecule has 0 N–H and O–H groups in total. The van der Waals surface area contributed by atoms with Crippen LogP contribution >= 0.6 is 7.14 Å². The van der Waals surface area contributed by atoms with Gasteiger partial charge in [-0.15, -0.1) is 0 Å². The van der Waals surface area contributed by atoms with Gasteiger partial charge in [0.25, 0.3) is 0 Å². The minimum Gasteiger partial charge on any atom is -0.323 e. The fourth-order valence-corrected chi connectivity index (χ4v) is 5.45. The Kier molecular flexibility index (Phi) is 4.99. The molecule has 2 aromatic rings. The lowest BCUT2D eigenvalue weighted by atomic mass is 10.2. The van der Waals surface area contributed by atoms with Crippen LogP contribution in [0, 0.1) is 0 Å². The minimum absolute atomic E-state index is 0.719. The summed E-state index contributed by atoms with van der Waals surface area (Å²) in [5.41, 5.74) is 2.38. The molecule has 2 heteroatoms. The third-order valence-corrected chi connectivity index (χ3v) is 6.40. The molecule has 100 valence electrons. The molecule has 0 aliphatic carbocycles. The van der Waals surface area contributed by atoms with E-state index in [1.54, 1.807) is 0 Å². The molecule has 0 unspecified atom stereocenters. The first-order valence-electron chi connectivity index (χ1n) is 6.87. The predicted octanol–water partition coefficient (Wildman–Crippen LogP) is 5.16. The SMILES string of the molecule is CCCP(=O)(Cc1ccccc1)Cc1ccccc1. The lowest BCUT2D eigenvalue weighted by Gasteiger charge is -2.18. The maximum absolute atomic E-state index is 13.2. The molecule has 2 aromatic carbocycles. The van der Waals surface area contributed by atoms with E-state index < -0.39 is 7.14 Å². The lowest BCUT2D eigenvalue weighted by molar-refractivity contribution is 0.572. The Morgan fingerprint density at radius 3 is 1.58 bits per heavy atom. The average Bonchev–Trinajstić information content (AvgIpc) is 2.41. The molecule has 0 saturated heterocycles. The van der Waals surface area contributed by atoms with Gasteiger partial charge in [0.05, 0.1) is 7.14 Å². The summed E-state index contributed by atoms with van der Waals surface area (Å²) in [7, 11) is -2.16. The maximum Gasteiger partial charge on any atom is 0.0960 e. The molecule has 2 rings (SSSR count). The number of hydrogen-bond acceptors (Lipinski definition) is 1. The van der Waals surface area contributed by atoms with E-state index in [9.17, 15) is 4.57 Å². The fourth-order valence-electron chi connectivity index (χ4n) is 2.45. The van der Waals surface area contributed by atoms with Crippen LogP contribution in [0.1, 0.15) is 24.5 Å². The van der Waals surface area contributed by atoms with Gasteiger partial charge in [0.2, 0.25) is 0 Å². The zero-order chi connectivity index (χ0) is 13.6. The number of benzene rings is 2. The Bertz CT molecular complexity index is 488. The highest BCUT2D eigenvalue weighted by Crippen LogP contribution is 2.52. The highest BCUT2D eigenvalue weighted by atomic mass is 31.2. The van der Waals surface area contributed by atoms with Crippen LogP contribution in [-0.4, -0.2) is 6.16 Å². The Hall–Kier alpha value is -1.33. The van der Waals surface area contributed by atoms with Crippen LogP contribution in [0.15, 0.2) is 60.7 Å². The zero-order valence-electron chi connectivity index (χ0n) is 11.5. The van der Waals surface area contributed by atoms with Crippen LogP contribution < -0.4 is 0 Å². The van der Waals surface area contributed by atoms with Crippen molar-refractivity contribution in [2.45, 2.75) is 25.7 Å². The molecular weight excluding hydrogens is 251 g/mol. The molecule has 0 amide bonds. The molecule has 0 heterocycles. The molecular formula is C17H21OP. The van der Waals surface area contributed by atoms with E-state index in [1.165, 1.54) is 11.1 Å². The van der Waals surface area contributed by atoms with Crippen molar-refractivity contribution in [2.24, 2.45) is 0 Å². The van der Waals surface area contributed by atoms with Crippen LogP contribution in [0.4, 0.5) is 0 Å². The van der Waals surface area contributed by atoms with E-state index in [0.717, 1.165) is 24.9 Å². The molecule has 19 heavy (non-hydrogen) atoms. The van der Waals surface area contributed by atoms with Crippen molar-refractivity contribution in [3.05, 3.63) is 71.8 Å². The van der Waals surface area contributed by atoms with Gasteiger partial charge in [-0.3, -0.25) is 0 Å². The van der Waals surface area contributed by atoms with Crippen molar-refractivity contribution in [1.29, 1.82) is 0 Å². The van der Waals surface area contributed by atoms with Gasteiger partial charge in [0.15, 0.2) is 0 Å². The summed E-state index contributed by atoms with van der Waals surface area (Å²) in [4.78, 5) is 0. The van der Waals surface area contributed by atoms with Crippen molar-refractivity contribution in [1.82, 2.24) is 0 Å². The number of rotatable bonds is 6. The second-order valence-corrected chi connectivity index (χ2v) is 8.27. The molecule has 0 fully saturated rings. The first kappa shape index (κ1) is 14.1. The van der Waals surface area contributed by atoms with E-state index in [-0.39, 0.29) is 0 Å². The van der Waals surface area contributed by atoms with E-state index >= 15 is 0 Å². The minimum atomic E-state index is -2.16. The van der Waals surface area contributed by atoms with Crippen molar-refractivity contribution >= 4 is 7.14 Å². The smallest absolute Gasteiger partial charge is 0.0960 e. The standard InChI is InChI=1S/C17H21OP/c1-2-13-19(18,14-16-9-5-3-6-10-16)15-17-11-7-4-8-12-17/h3-12H,2,13-15H2,1H3. The highest BCUT2D eigenvalue weighted by molar-refractivity contribution is 7.62. The van der Waals surface area contributed by atoms with Crippen LogP contribution in [0.3, 0.4) is 0 Å². The molecule has 0 bridgehead atoms. The van der Waals surface area contributed by atoms with Gasteiger partial charge >= 0.3 is 0 Å². The van der Waals surface area contributed by atoms with Gasteiger partial charge in [-0.2, -0.15) is 0 Å². The normalized spacial score (nSPS) is 11.4. The van der Waals surface area contributed by atoms with Gasteiger partial charge in [0.1, 0.15) is 0 Å². The topological polar surface area (TPSA) is 17.1 Å². The van der Waals surface area contributed by atoms with Crippen molar-refractivity contribution < 1.29 is 4.57 Å². The van der Waals surface area contributed by atoms with Gasteiger partial charge in [0, 0.05) is 18.5 Å². The van der Waals surface area contributed by atoms with Crippen molar-refractivity contribution in [3.8, 4) is 0 Å². The molecule has 0 saturated carbocycles. The van der Waals surface area contributed by atoms with Crippen LogP contribution in [0.5, 0.6) is 0 Å². The molecule has 0 aliphatic heterocycles. The maximum atomic E-state index is 13.2. The van der Waals surface area contributed by atoms with Crippen LogP contribution in [0.25, 0.3) is 0 Å². The molecule has 0 atom stereocenters. The monoisotopic (exact) mass is 272 g/mol. The van der Waals surface area contributed by atoms with E-state index in [2.05, 4.69) is 31.2 Å². The zero-order valence-corrected chi connectivity index (χ0v) is 12.4. The van der Waals surface area contributed by atoms with Crippen molar-refractivity contribution in [2.75, 3.05) is 6.16 Å². The Morgan fingerprint density at radius 2 is 1.21 bits per heavy atom. The summed E-state index contributed by atoms with van der Waals surface area (Å²) in [6.07, 6.45) is 3.25. The lowest BCUT2D eigenvalue weighted by Crippen LogP contribution is -1.97. The molecule has 0 spiro atoms. The van der Waals surface area contributed by atoms with E-state index in [0.29, 0.717) is 0 Å². The van der Waals surface area contributed by atoms with Crippen LogP contribution in [-0.2, 0) is 16.9 Å². The second kappa shape index (κ2) is 6.73. The Morgan fingerprint density at radius 1 is 0.789 bits per heavy atom. The largest absolute Gasteiger partial charge is 0.323 e. The predicted molar refractivity (Wildman–Crippen MR) is 83.1 cm³/mol. The first-order valence-corrected chi connectivity index (χ1v) is 9.13. The summed E-state index contributed by atoms with van der Waals surface area (Å²) in [5.74, 6) is 0. The molecule has 0 radical (unpaired) electrons. The summed E-state index contributed by atoms with van der Waals surface area (Å²) in [5, 5.41) is 0. The molecule has 1 nitrogen and oxygen atoms in total. The Balaban J connectivity index is 2.16. The fraction of sp³-hybridized carbons (Fsp3) is 0.294. The highest BCUT2D eigenvalue weighted by Gasteiger charge is 2.21. The third-order valence-electron chi connectivity index (χ3n) is 3.26. The Labute approximate surface area is 116 Å². The van der Waals surface area contributed by atoms with Gasteiger partial charge in [-0.05, 0) is 17.5 Å². The molecule has 0 aromatic heterocycles. The average molecular weight is 272 g/mol.